The van der Waals surface area contributed by atoms with E-state index in [4.69, 9.17) is 5.53 Å². The molecule has 6 heteroatoms. The van der Waals surface area contributed by atoms with Crippen LogP contribution in [0.1, 0.15) is 20.9 Å². The largest absolute Gasteiger partial charge is 0.287 e. The van der Waals surface area contributed by atoms with Crippen LogP contribution in [0.3, 0.4) is 0 Å². The fraction of sp³-hybridized carbons (Fsp3) is 0.333. The Morgan fingerprint density at radius 1 is 1.67 bits per heavy atom. The Balaban J connectivity index is 3.17. The van der Waals surface area contributed by atoms with Crippen molar-refractivity contribution >= 4 is 17.4 Å². The van der Waals surface area contributed by atoms with Gasteiger partial charge in [0.25, 0.3) is 5.91 Å². The predicted octanol–water partition coefficient (Wildman–Crippen LogP) is 2.21. The van der Waals surface area contributed by atoms with Crippen LogP contribution in [0, 0.1) is 13.8 Å². The average Bonchev–Trinajstić information content (AvgIpc) is 2.32. The molecule has 0 fully saturated rings. The molecule has 0 spiro atoms. The lowest BCUT2D eigenvalue weighted by Gasteiger charge is -1.90. The van der Waals surface area contributed by atoms with E-state index in [0.29, 0.717) is 11.3 Å². The van der Waals surface area contributed by atoms with Crippen LogP contribution in [-0.2, 0) is 0 Å². The molecule has 0 atom stereocenters. The van der Waals surface area contributed by atoms with Crippen LogP contribution in [0.2, 0.25) is 0 Å². The van der Waals surface area contributed by atoms with Crippen molar-refractivity contribution < 1.29 is 4.79 Å². The van der Waals surface area contributed by atoms with Gasteiger partial charge in [-0.2, -0.15) is 4.37 Å². The van der Waals surface area contributed by atoms with E-state index in [2.05, 4.69) is 14.4 Å². The number of carbonyl (C=O) groups is 1. The third-order valence-corrected chi connectivity index (χ3v) is 2.23. The van der Waals surface area contributed by atoms with Crippen molar-refractivity contribution in [1.29, 1.82) is 0 Å². The van der Waals surface area contributed by atoms with E-state index in [1.165, 1.54) is 11.5 Å². The highest BCUT2D eigenvalue weighted by Gasteiger charge is 2.13. The third-order valence-electron chi connectivity index (χ3n) is 1.38. The summed E-state index contributed by atoms with van der Waals surface area (Å²) < 4.78 is 3.96. The molecule has 62 valence electrons. The first-order valence-electron chi connectivity index (χ1n) is 3.19. The average molecular weight is 182 g/mol. The van der Waals surface area contributed by atoms with Crippen molar-refractivity contribution in [2.24, 2.45) is 5.11 Å². The van der Waals surface area contributed by atoms with E-state index in [0.717, 1.165) is 4.88 Å². The zero-order chi connectivity index (χ0) is 9.14. The fourth-order valence-corrected chi connectivity index (χ4v) is 1.57. The summed E-state index contributed by atoms with van der Waals surface area (Å²) in [7, 11) is 0. The molecule has 1 heterocycles. The molecular weight excluding hydrogens is 176 g/mol. The van der Waals surface area contributed by atoms with Crippen molar-refractivity contribution in [1.82, 2.24) is 4.37 Å². The Morgan fingerprint density at radius 3 is 2.75 bits per heavy atom. The van der Waals surface area contributed by atoms with Crippen LogP contribution in [0.25, 0.3) is 10.4 Å². The molecule has 0 bridgehead atoms. The summed E-state index contributed by atoms with van der Waals surface area (Å²) in [5, 5.41) is 3.00. The highest BCUT2D eigenvalue weighted by Crippen LogP contribution is 2.17. The van der Waals surface area contributed by atoms with Gasteiger partial charge in [0.05, 0.1) is 11.3 Å². The van der Waals surface area contributed by atoms with Gasteiger partial charge in [-0.25, -0.2) is 0 Å². The molecule has 1 rings (SSSR count). The number of nitrogens with zero attached hydrogens (tertiary/aromatic N) is 4. The molecule has 0 saturated carbocycles. The summed E-state index contributed by atoms with van der Waals surface area (Å²) in [5.41, 5.74) is 9.09. The van der Waals surface area contributed by atoms with Gasteiger partial charge in [-0.15, -0.1) is 0 Å². The Morgan fingerprint density at radius 2 is 2.33 bits per heavy atom. The first-order chi connectivity index (χ1) is 5.66. The molecule has 0 aliphatic heterocycles. The third kappa shape index (κ3) is 1.44. The summed E-state index contributed by atoms with van der Waals surface area (Å²) in [4.78, 5) is 14.3. The van der Waals surface area contributed by atoms with E-state index in [1.54, 1.807) is 13.8 Å². The van der Waals surface area contributed by atoms with Crippen molar-refractivity contribution in [2.75, 3.05) is 0 Å². The van der Waals surface area contributed by atoms with Crippen LogP contribution < -0.4 is 0 Å². The van der Waals surface area contributed by atoms with Crippen LogP contribution in [-0.4, -0.2) is 10.3 Å². The van der Waals surface area contributed by atoms with E-state index in [9.17, 15) is 4.79 Å². The maximum Gasteiger partial charge on any atom is 0.252 e. The minimum atomic E-state index is -0.554. The molecular formula is C6H6N4OS. The van der Waals surface area contributed by atoms with Crippen molar-refractivity contribution in [3.05, 3.63) is 26.6 Å². The van der Waals surface area contributed by atoms with Gasteiger partial charge in [0.2, 0.25) is 0 Å². The molecule has 1 aromatic heterocycles. The number of azide groups is 1. The molecule has 5 nitrogen and oxygen atoms in total. The summed E-state index contributed by atoms with van der Waals surface area (Å²) in [5.74, 6) is -0.554. The van der Waals surface area contributed by atoms with Crippen molar-refractivity contribution in [2.45, 2.75) is 13.8 Å². The van der Waals surface area contributed by atoms with Crippen LogP contribution in [0.4, 0.5) is 0 Å². The molecule has 0 saturated heterocycles. The Hall–Kier alpha value is -1.39. The summed E-state index contributed by atoms with van der Waals surface area (Å²) in [6, 6.07) is 0. The van der Waals surface area contributed by atoms with Gasteiger partial charge in [-0.1, -0.05) is 0 Å². The van der Waals surface area contributed by atoms with Crippen molar-refractivity contribution in [3.63, 3.8) is 0 Å². The van der Waals surface area contributed by atoms with Gasteiger partial charge in [0.1, 0.15) is 0 Å². The summed E-state index contributed by atoms with van der Waals surface area (Å²) in [6.45, 7) is 3.48. The highest BCUT2D eigenvalue weighted by atomic mass is 32.1. The molecule has 0 aliphatic rings. The molecule has 0 aromatic carbocycles. The monoisotopic (exact) mass is 182 g/mol. The zero-order valence-corrected chi connectivity index (χ0v) is 7.42. The van der Waals surface area contributed by atoms with Crippen molar-refractivity contribution in [3.8, 4) is 0 Å². The summed E-state index contributed by atoms with van der Waals surface area (Å²) in [6.07, 6.45) is 0. The molecule has 12 heavy (non-hydrogen) atoms. The minimum Gasteiger partial charge on any atom is -0.287 e. The maximum absolute atomic E-state index is 11.1. The molecule has 0 radical (unpaired) electrons. The quantitative estimate of drug-likeness (QED) is 0.379. The normalized spacial score (nSPS) is 9.17. The number of rotatable bonds is 1. The van der Waals surface area contributed by atoms with Gasteiger partial charge < -0.3 is 0 Å². The Labute approximate surface area is 72.8 Å². The summed E-state index contributed by atoms with van der Waals surface area (Å²) >= 11 is 1.23. The topological polar surface area (TPSA) is 78.7 Å². The number of carbonyl (C=O) groups excluding carboxylic acids is 1. The second kappa shape index (κ2) is 3.34. The SMILES string of the molecule is Cc1nsc(C)c1C(=O)N=[N+]=[N-]. The maximum atomic E-state index is 11.1. The second-order valence-electron chi connectivity index (χ2n) is 2.19. The van der Waals surface area contributed by atoms with E-state index < -0.39 is 5.91 Å². The van der Waals surface area contributed by atoms with Gasteiger partial charge in [0.15, 0.2) is 0 Å². The van der Waals surface area contributed by atoms with Gasteiger partial charge in [0, 0.05) is 9.79 Å². The Kier molecular flexibility index (Phi) is 2.42. The number of hydrogen-bond donors (Lipinski definition) is 0. The minimum absolute atomic E-state index is 0.429. The lowest BCUT2D eigenvalue weighted by Crippen LogP contribution is -1.95. The highest BCUT2D eigenvalue weighted by molar-refractivity contribution is 7.06. The van der Waals surface area contributed by atoms with E-state index in [-0.39, 0.29) is 0 Å². The lowest BCUT2D eigenvalue weighted by molar-refractivity contribution is 0.0999. The van der Waals surface area contributed by atoms with Gasteiger partial charge in [-0.05, 0) is 36.0 Å². The lowest BCUT2D eigenvalue weighted by atomic mass is 10.2. The number of hydrogen-bond acceptors (Lipinski definition) is 3. The van der Waals surface area contributed by atoms with E-state index in [1.807, 2.05) is 0 Å². The Bertz CT molecular complexity index is 344. The van der Waals surface area contributed by atoms with Crippen LogP contribution in [0.5, 0.6) is 0 Å². The molecule has 0 N–H and O–H groups in total. The smallest absolute Gasteiger partial charge is 0.252 e. The molecule has 1 aromatic rings. The predicted molar refractivity (Wildman–Crippen MR) is 45.1 cm³/mol. The zero-order valence-electron chi connectivity index (χ0n) is 6.61. The standard InChI is InChI=1S/C6H6N4OS/c1-3-5(4(2)12-9-3)6(11)8-10-7/h1-2H3. The first-order valence-corrected chi connectivity index (χ1v) is 3.96. The number of aromatic nitrogens is 1. The molecule has 0 unspecified atom stereocenters. The number of amides is 1. The molecule has 0 aliphatic carbocycles. The van der Waals surface area contributed by atoms with E-state index >= 15 is 0 Å². The van der Waals surface area contributed by atoms with Gasteiger partial charge >= 0.3 is 0 Å². The van der Waals surface area contributed by atoms with Crippen LogP contribution >= 0.6 is 11.5 Å². The first kappa shape index (κ1) is 8.70. The number of aryl methyl sites for hydroxylation is 2. The van der Waals surface area contributed by atoms with Crippen LogP contribution in [0.15, 0.2) is 5.11 Å². The molecule has 1 amide bonds. The second-order valence-corrected chi connectivity index (χ2v) is 3.17. The van der Waals surface area contributed by atoms with Gasteiger partial charge in [-0.3, -0.25) is 4.79 Å². The fourth-order valence-electron chi connectivity index (χ4n) is 0.879.